The molecule has 0 bridgehead atoms. The largest absolute Gasteiger partial charge is 0.469 e. The molecule has 0 aromatic heterocycles. The summed E-state index contributed by atoms with van der Waals surface area (Å²) >= 11 is 0. The van der Waals surface area contributed by atoms with E-state index in [4.69, 9.17) is 4.74 Å². The molecule has 1 amide bonds. The van der Waals surface area contributed by atoms with Crippen LogP contribution in [0.2, 0.25) is 0 Å². The van der Waals surface area contributed by atoms with Crippen LogP contribution in [-0.2, 0) is 16.1 Å². The van der Waals surface area contributed by atoms with E-state index >= 15 is 0 Å². The van der Waals surface area contributed by atoms with Crippen molar-refractivity contribution in [2.75, 3.05) is 20.2 Å². The van der Waals surface area contributed by atoms with Crippen molar-refractivity contribution in [3.8, 4) is 0 Å². The van der Waals surface area contributed by atoms with Gasteiger partial charge in [-0.3, -0.25) is 9.59 Å². The number of fused-ring (bicyclic) bond motifs is 1. The summed E-state index contributed by atoms with van der Waals surface area (Å²) in [4.78, 5) is 26.4. The van der Waals surface area contributed by atoms with Gasteiger partial charge in [0.05, 0.1) is 7.11 Å². The van der Waals surface area contributed by atoms with E-state index in [-0.39, 0.29) is 24.3 Å². The van der Waals surface area contributed by atoms with Gasteiger partial charge in [0.1, 0.15) is 0 Å². The maximum absolute atomic E-state index is 13.0. The number of methoxy groups -OCH3 is 1. The molecule has 6 heteroatoms. The third kappa shape index (κ3) is 4.95. The number of piperidine rings is 1. The quantitative estimate of drug-likeness (QED) is 0.730. The number of carbonyl (C=O) groups is 2. The molecule has 5 nitrogen and oxygen atoms in total. The van der Waals surface area contributed by atoms with Crippen molar-refractivity contribution < 1.29 is 14.3 Å². The molecular weight excluding hydrogens is 388 g/mol. The second-order valence-electron chi connectivity index (χ2n) is 8.66. The molecule has 2 aliphatic heterocycles. The lowest BCUT2D eigenvalue weighted by atomic mass is 9.83. The molecule has 1 aliphatic carbocycles. The van der Waals surface area contributed by atoms with E-state index in [2.05, 4.69) is 28.4 Å². The standard InChI is InChI=1S/C23H32N2O3.ClH/c1-28-22(26)9-4-16-2-6-20(7-3-16)25-15-19-14-18(5-8-21(19)23(25)27)17-10-12-24-13-11-17;/h5,8,14,16-17,20,24H,2-4,6-7,9-13,15H2,1H3;1H. The first-order chi connectivity index (χ1) is 13.7. The molecule has 0 atom stereocenters. The van der Waals surface area contributed by atoms with Gasteiger partial charge in [-0.2, -0.15) is 0 Å². The number of amides is 1. The van der Waals surface area contributed by atoms with E-state index in [1.54, 1.807) is 0 Å². The van der Waals surface area contributed by atoms with Crippen LogP contribution in [0, 0.1) is 5.92 Å². The molecule has 1 saturated carbocycles. The molecule has 2 heterocycles. The molecule has 29 heavy (non-hydrogen) atoms. The number of ether oxygens (including phenoxy) is 1. The van der Waals surface area contributed by atoms with Crippen molar-refractivity contribution in [1.29, 1.82) is 0 Å². The van der Waals surface area contributed by atoms with Crippen molar-refractivity contribution in [2.24, 2.45) is 5.92 Å². The number of hydrogen-bond donors (Lipinski definition) is 1. The highest BCUT2D eigenvalue weighted by Crippen LogP contribution is 2.36. The highest BCUT2D eigenvalue weighted by atomic mass is 35.5. The first-order valence-electron chi connectivity index (χ1n) is 10.9. The Balaban J connectivity index is 0.00000240. The highest BCUT2D eigenvalue weighted by molar-refractivity contribution is 5.98. The monoisotopic (exact) mass is 420 g/mol. The SMILES string of the molecule is COC(=O)CCC1CCC(N2Cc3cc(C4CCNCC4)ccc3C2=O)CC1.Cl. The molecule has 1 N–H and O–H groups in total. The summed E-state index contributed by atoms with van der Waals surface area (Å²) in [7, 11) is 1.45. The molecule has 1 saturated heterocycles. The van der Waals surface area contributed by atoms with Crippen LogP contribution in [0.15, 0.2) is 18.2 Å². The average molecular weight is 421 g/mol. The minimum Gasteiger partial charge on any atom is -0.469 e. The van der Waals surface area contributed by atoms with Crippen LogP contribution in [-0.4, -0.2) is 43.0 Å². The second kappa shape index (κ2) is 9.94. The van der Waals surface area contributed by atoms with E-state index in [1.165, 1.54) is 31.1 Å². The Morgan fingerprint density at radius 3 is 2.55 bits per heavy atom. The normalized spacial score (nSPS) is 24.7. The van der Waals surface area contributed by atoms with Crippen molar-refractivity contribution in [2.45, 2.75) is 69.9 Å². The van der Waals surface area contributed by atoms with Gasteiger partial charge in [0.25, 0.3) is 5.91 Å². The van der Waals surface area contributed by atoms with Gasteiger partial charge >= 0.3 is 5.97 Å². The topological polar surface area (TPSA) is 58.6 Å². The van der Waals surface area contributed by atoms with Crippen LogP contribution in [0.4, 0.5) is 0 Å². The summed E-state index contributed by atoms with van der Waals surface area (Å²) in [6, 6.07) is 6.89. The van der Waals surface area contributed by atoms with Crippen LogP contribution < -0.4 is 5.32 Å². The van der Waals surface area contributed by atoms with Crippen LogP contribution in [0.1, 0.15) is 78.8 Å². The Bertz CT molecular complexity index is 725. The zero-order chi connectivity index (χ0) is 19.5. The lowest BCUT2D eigenvalue weighted by Crippen LogP contribution is -2.38. The number of nitrogens with one attached hydrogen (secondary N) is 1. The summed E-state index contributed by atoms with van der Waals surface area (Å²) < 4.78 is 4.75. The van der Waals surface area contributed by atoms with Gasteiger partial charge in [0, 0.05) is 24.6 Å². The maximum Gasteiger partial charge on any atom is 0.305 e. The average Bonchev–Trinajstić information content (AvgIpc) is 3.09. The minimum absolute atomic E-state index is 0. The summed E-state index contributed by atoms with van der Waals surface area (Å²) in [6.07, 6.45) is 8.09. The Labute approximate surface area is 180 Å². The number of rotatable bonds is 5. The minimum atomic E-state index is -0.114. The van der Waals surface area contributed by atoms with Crippen LogP contribution in [0.25, 0.3) is 0 Å². The number of carbonyl (C=O) groups excluding carboxylic acids is 2. The molecule has 3 aliphatic rings. The van der Waals surface area contributed by atoms with Gasteiger partial charge in [-0.05, 0) is 87.1 Å². The Kier molecular flexibility index (Phi) is 7.58. The lowest BCUT2D eigenvalue weighted by molar-refractivity contribution is -0.141. The molecule has 0 spiro atoms. The van der Waals surface area contributed by atoms with E-state index in [0.717, 1.165) is 57.3 Å². The van der Waals surface area contributed by atoms with Crippen LogP contribution >= 0.6 is 12.4 Å². The molecule has 0 unspecified atom stereocenters. The van der Waals surface area contributed by atoms with Crippen molar-refractivity contribution in [1.82, 2.24) is 10.2 Å². The van der Waals surface area contributed by atoms with Gasteiger partial charge < -0.3 is 15.0 Å². The van der Waals surface area contributed by atoms with Crippen LogP contribution in [0.3, 0.4) is 0 Å². The van der Waals surface area contributed by atoms with Gasteiger partial charge in [-0.25, -0.2) is 0 Å². The van der Waals surface area contributed by atoms with Crippen molar-refractivity contribution in [3.63, 3.8) is 0 Å². The third-order valence-electron chi connectivity index (χ3n) is 7.01. The molecule has 0 radical (unpaired) electrons. The predicted octanol–water partition coefficient (Wildman–Crippen LogP) is 4.04. The molecule has 4 rings (SSSR count). The highest BCUT2D eigenvalue weighted by Gasteiger charge is 2.35. The van der Waals surface area contributed by atoms with E-state index in [0.29, 0.717) is 24.3 Å². The van der Waals surface area contributed by atoms with E-state index in [1.807, 2.05) is 0 Å². The molecular formula is C23H33ClN2O3. The van der Waals surface area contributed by atoms with Gasteiger partial charge in [-0.15, -0.1) is 12.4 Å². The zero-order valence-electron chi connectivity index (χ0n) is 17.3. The van der Waals surface area contributed by atoms with E-state index < -0.39 is 0 Å². The van der Waals surface area contributed by atoms with Gasteiger partial charge in [0.2, 0.25) is 0 Å². The fraction of sp³-hybridized carbons (Fsp3) is 0.652. The number of halogens is 1. The number of nitrogens with zero attached hydrogens (tertiary/aromatic N) is 1. The Morgan fingerprint density at radius 2 is 1.86 bits per heavy atom. The molecule has 1 aromatic carbocycles. The zero-order valence-corrected chi connectivity index (χ0v) is 18.1. The van der Waals surface area contributed by atoms with Gasteiger partial charge in [0.15, 0.2) is 0 Å². The van der Waals surface area contributed by atoms with Gasteiger partial charge in [-0.1, -0.05) is 12.1 Å². The second-order valence-corrected chi connectivity index (χ2v) is 8.66. The lowest BCUT2D eigenvalue weighted by Gasteiger charge is -2.34. The first-order valence-corrected chi connectivity index (χ1v) is 10.9. The first kappa shape index (κ1) is 22.1. The third-order valence-corrected chi connectivity index (χ3v) is 7.01. The maximum atomic E-state index is 13.0. The summed E-state index contributed by atoms with van der Waals surface area (Å²) in [5, 5.41) is 3.43. The molecule has 160 valence electrons. The molecule has 1 aromatic rings. The fourth-order valence-corrected chi connectivity index (χ4v) is 5.24. The number of hydrogen-bond acceptors (Lipinski definition) is 4. The van der Waals surface area contributed by atoms with Crippen LogP contribution in [0.5, 0.6) is 0 Å². The summed E-state index contributed by atoms with van der Waals surface area (Å²) in [5.74, 6) is 1.31. The van der Waals surface area contributed by atoms with Crippen molar-refractivity contribution in [3.05, 3.63) is 34.9 Å². The molecule has 2 fully saturated rings. The Morgan fingerprint density at radius 1 is 1.14 bits per heavy atom. The number of benzene rings is 1. The van der Waals surface area contributed by atoms with E-state index in [9.17, 15) is 9.59 Å². The summed E-state index contributed by atoms with van der Waals surface area (Å²) in [5.41, 5.74) is 3.53. The van der Waals surface area contributed by atoms with Crippen molar-refractivity contribution >= 4 is 24.3 Å². The number of esters is 1. The smallest absolute Gasteiger partial charge is 0.305 e. The predicted molar refractivity (Wildman–Crippen MR) is 115 cm³/mol. The summed E-state index contributed by atoms with van der Waals surface area (Å²) in [6.45, 7) is 2.95. The fourth-order valence-electron chi connectivity index (χ4n) is 5.24. The Hall–Kier alpha value is -1.59.